The monoisotopic (exact) mass is 290 g/mol. The third kappa shape index (κ3) is 1.33. The molecule has 5 rings (SSSR count). The summed E-state index contributed by atoms with van der Waals surface area (Å²) in [5, 5.41) is 0.930. The summed E-state index contributed by atoms with van der Waals surface area (Å²) in [6, 6.07) is 8.40. The second-order valence-electron chi connectivity index (χ2n) is 5.76. The highest BCUT2D eigenvalue weighted by Crippen LogP contribution is 2.40. The summed E-state index contributed by atoms with van der Waals surface area (Å²) < 4.78 is 2.16. The van der Waals surface area contributed by atoms with Crippen LogP contribution in [0.3, 0.4) is 0 Å². The Bertz CT molecular complexity index is 983. The van der Waals surface area contributed by atoms with Crippen LogP contribution >= 0.6 is 0 Å². The molecule has 2 aliphatic heterocycles. The molecule has 3 aliphatic rings. The van der Waals surface area contributed by atoms with Gasteiger partial charge in [-0.3, -0.25) is 4.79 Å². The fourth-order valence-electron chi connectivity index (χ4n) is 3.58. The van der Waals surface area contributed by atoms with Crippen molar-refractivity contribution in [2.75, 3.05) is 23.4 Å². The summed E-state index contributed by atoms with van der Waals surface area (Å²) in [6.45, 7) is 1.72. The zero-order valence-electron chi connectivity index (χ0n) is 12.2. The Morgan fingerprint density at radius 3 is 2.77 bits per heavy atom. The lowest BCUT2D eigenvalue weighted by atomic mass is 10.2. The first-order valence-electron chi connectivity index (χ1n) is 7.39. The van der Waals surface area contributed by atoms with Crippen LogP contribution in [0.15, 0.2) is 30.3 Å². The largest absolute Gasteiger partial charge is 0.326 e. The Kier molecular flexibility index (Phi) is 2.08. The van der Waals surface area contributed by atoms with E-state index >= 15 is 0 Å². The number of carbonyl (C=O) groups is 1. The summed E-state index contributed by atoms with van der Waals surface area (Å²) in [6.07, 6.45) is 5.08. The second kappa shape index (κ2) is 3.88. The van der Waals surface area contributed by atoms with E-state index in [0.717, 1.165) is 35.4 Å². The van der Waals surface area contributed by atoms with Crippen molar-refractivity contribution in [3.05, 3.63) is 46.9 Å². The van der Waals surface area contributed by atoms with E-state index in [-0.39, 0.29) is 5.78 Å². The van der Waals surface area contributed by atoms with Gasteiger partial charge in [0.25, 0.3) is 0 Å². The number of nitrogens with zero attached hydrogens (tertiary/aromatic N) is 4. The number of imidazole rings is 1. The van der Waals surface area contributed by atoms with Gasteiger partial charge in [-0.25, -0.2) is 4.98 Å². The van der Waals surface area contributed by atoms with E-state index in [2.05, 4.69) is 45.7 Å². The molecule has 0 amide bonds. The lowest BCUT2D eigenvalue weighted by molar-refractivity contribution is -0.109. The molecule has 0 saturated carbocycles. The van der Waals surface area contributed by atoms with Crippen molar-refractivity contribution in [3.8, 4) is 0 Å². The van der Waals surface area contributed by atoms with Crippen LogP contribution in [0.5, 0.6) is 0 Å². The number of allylic oxidation sites excluding steroid dienone is 1. The van der Waals surface area contributed by atoms with Gasteiger partial charge in [-0.2, -0.15) is 0 Å². The first-order valence-corrected chi connectivity index (χ1v) is 7.39. The van der Waals surface area contributed by atoms with E-state index in [1.54, 1.807) is 12.2 Å². The van der Waals surface area contributed by atoms with Crippen molar-refractivity contribution >= 4 is 35.1 Å². The SMILES string of the molecule is CN1C2=c3nc4c(n3CCN2c2ccccc21)=CC(=O)C=C4. The highest BCUT2D eigenvalue weighted by molar-refractivity contribution is 6.16. The number of benzene rings is 1. The van der Waals surface area contributed by atoms with Crippen LogP contribution in [0.2, 0.25) is 0 Å². The molecular formula is C17H14N4O. The van der Waals surface area contributed by atoms with E-state index in [4.69, 9.17) is 4.98 Å². The smallest absolute Gasteiger partial charge is 0.180 e. The fraction of sp³-hybridized carbons (Fsp3) is 0.176. The first-order chi connectivity index (χ1) is 10.7. The van der Waals surface area contributed by atoms with Gasteiger partial charge in [0.15, 0.2) is 17.1 Å². The standard InChI is InChI=1S/C17H14N4O/c1-19-13-4-2-3-5-14(13)21-9-8-20-15-10-11(22)6-7-12(15)18-16(20)17(19)21/h2-7,10H,8-9H2,1H3. The molecule has 108 valence electrons. The maximum Gasteiger partial charge on any atom is 0.180 e. The molecule has 5 heteroatoms. The Balaban J connectivity index is 1.87. The number of anilines is 2. The molecule has 3 heterocycles. The maximum absolute atomic E-state index is 11.7. The average Bonchev–Trinajstić information content (AvgIpc) is 3.04. The number of para-hydroxylation sites is 2. The van der Waals surface area contributed by atoms with Gasteiger partial charge in [0, 0.05) is 26.2 Å². The lowest BCUT2D eigenvalue weighted by Crippen LogP contribution is -2.45. The number of fused-ring (bicyclic) bond motifs is 6. The highest BCUT2D eigenvalue weighted by Gasteiger charge is 2.33. The zero-order chi connectivity index (χ0) is 14.8. The molecule has 0 spiro atoms. The summed E-state index contributed by atoms with van der Waals surface area (Å²) in [5.74, 6) is 1.13. The lowest BCUT2D eigenvalue weighted by Gasteiger charge is -2.26. The third-order valence-corrected chi connectivity index (χ3v) is 4.57. The molecule has 5 nitrogen and oxygen atoms in total. The van der Waals surface area contributed by atoms with E-state index in [1.807, 2.05) is 6.08 Å². The molecule has 1 aromatic heterocycles. The minimum atomic E-state index is 0.0330. The third-order valence-electron chi connectivity index (χ3n) is 4.57. The summed E-state index contributed by atoms with van der Waals surface area (Å²) in [7, 11) is 2.07. The van der Waals surface area contributed by atoms with Crippen LogP contribution in [0.1, 0.15) is 5.69 Å². The maximum atomic E-state index is 11.7. The van der Waals surface area contributed by atoms with Crippen LogP contribution in [-0.4, -0.2) is 28.9 Å². The Morgan fingerprint density at radius 1 is 1.09 bits per heavy atom. The van der Waals surface area contributed by atoms with E-state index in [0.29, 0.717) is 0 Å². The van der Waals surface area contributed by atoms with E-state index in [1.165, 1.54) is 11.4 Å². The topological polar surface area (TPSA) is 41.4 Å². The molecule has 2 aromatic rings. The number of hydrogen-bond donors (Lipinski definition) is 0. The molecule has 0 bridgehead atoms. The molecule has 22 heavy (non-hydrogen) atoms. The quantitative estimate of drug-likeness (QED) is 0.699. The summed E-state index contributed by atoms with van der Waals surface area (Å²) in [5.41, 5.74) is 4.24. The number of carbonyl (C=O) groups excluding carboxylic acids is 1. The molecule has 1 aliphatic carbocycles. The van der Waals surface area contributed by atoms with Gasteiger partial charge in [0.05, 0.1) is 22.4 Å². The van der Waals surface area contributed by atoms with Gasteiger partial charge < -0.3 is 14.4 Å². The van der Waals surface area contributed by atoms with Crippen molar-refractivity contribution in [3.63, 3.8) is 0 Å². The van der Waals surface area contributed by atoms with Gasteiger partial charge in [-0.15, -0.1) is 0 Å². The van der Waals surface area contributed by atoms with Gasteiger partial charge in [-0.05, 0) is 24.3 Å². The van der Waals surface area contributed by atoms with Crippen molar-refractivity contribution < 1.29 is 4.79 Å². The zero-order valence-corrected chi connectivity index (χ0v) is 12.2. The van der Waals surface area contributed by atoms with Crippen LogP contribution in [0, 0.1) is 0 Å². The van der Waals surface area contributed by atoms with Crippen LogP contribution in [-0.2, 0) is 11.3 Å². The number of hydrogen-bond acceptors (Lipinski definition) is 4. The van der Waals surface area contributed by atoms with Gasteiger partial charge >= 0.3 is 0 Å². The van der Waals surface area contributed by atoms with Crippen LogP contribution in [0.25, 0.3) is 18.0 Å². The van der Waals surface area contributed by atoms with Gasteiger partial charge in [-0.1, -0.05) is 12.1 Å². The van der Waals surface area contributed by atoms with Crippen LogP contribution in [0.4, 0.5) is 11.4 Å². The molecule has 0 fully saturated rings. The Labute approximate surface area is 127 Å². The first kappa shape index (κ1) is 11.8. The van der Waals surface area contributed by atoms with E-state index in [9.17, 15) is 4.79 Å². The predicted octanol–water partition coefficient (Wildman–Crippen LogP) is 0.295. The Morgan fingerprint density at radius 2 is 1.91 bits per heavy atom. The highest BCUT2D eigenvalue weighted by atomic mass is 16.1. The second-order valence-corrected chi connectivity index (χ2v) is 5.76. The summed E-state index contributed by atoms with van der Waals surface area (Å²) >= 11 is 0. The molecule has 0 saturated heterocycles. The minimum absolute atomic E-state index is 0.0330. The minimum Gasteiger partial charge on any atom is -0.326 e. The molecule has 0 radical (unpaired) electrons. The van der Waals surface area contributed by atoms with Gasteiger partial charge in [0.2, 0.25) is 0 Å². The van der Waals surface area contributed by atoms with Crippen molar-refractivity contribution in [2.45, 2.75) is 6.54 Å². The predicted molar refractivity (Wildman–Crippen MR) is 85.6 cm³/mol. The Hall–Kier alpha value is -2.82. The molecule has 0 atom stereocenters. The van der Waals surface area contributed by atoms with Crippen molar-refractivity contribution in [1.29, 1.82) is 0 Å². The summed E-state index contributed by atoms with van der Waals surface area (Å²) in [4.78, 5) is 20.9. The fourth-order valence-corrected chi connectivity index (χ4v) is 3.58. The van der Waals surface area contributed by atoms with Crippen molar-refractivity contribution in [2.24, 2.45) is 0 Å². The average molecular weight is 290 g/mol. The number of aromatic nitrogens is 2. The molecular weight excluding hydrogens is 276 g/mol. The van der Waals surface area contributed by atoms with Crippen molar-refractivity contribution in [1.82, 2.24) is 9.55 Å². The molecule has 0 N–H and O–H groups in total. The van der Waals surface area contributed by atoms with Crippen LogP contribution < -0.4 is 20.6 Å². The van der Waals surface area contributed by atoms with E-state index < -0.39 is 0 Å². The molecule has 0 unspecified atom stereocenters. The number of rotatable bonds is 0. The normalized spacial score (nSPS) is 17.9. The van der Waals surface area contributed by atoms with Gasteiger partial charge in [0.1, 0.15) is 0 Å². The number of ketones is 1. The molecule has 1 aromatic carbocycles.